The summed E-state index contributed by atoms with van der Waals surface area (Å²) < 4.78 is 5.12. The number of carbonyl (C=O) groups is 1. The molecule has 0 unspecified atom stereocenters. The van der Waals surface area contributed by atoms with E-state index in [9.17, 15) is 9.59 Å². The van der Waals surface area contributed by atoms with Crippen molar-refractivity contribution in [3.05, 3.63) is 74.8 Å². The van der Waals surface area contributed by atoms with Crippen molar-refractivity contribution in [3.63, 3.8) is 0 Å². The highest BCUT2D eigenvalue weighted by molar-refractivity contribution is 6.34. The van der Waals surface area contributed by atoms with Gasteiger partial charge in [-0.25, -0.2) is 4.79 Å². The van der Waals surface area contributed by atoms with Crippen LogP contribution in [-0.2, 0) is 0 Å². The molecule has 0 atom stereocenters. The topological polar surface area (TPSA) is 84.1 Å². The van der Waals surface area contributed by atoms with Crippen molar-refractivity contribution in [1.29, 1.82) is 0 Å². The second-order valence-electron chi connectivity index (χ2n) is 6.11. The predicted octanol–water partition coefficient (Wildman–Crippen LogP) is 3.97. The van der Waals surface area contributed by atoms with Gasteiger partial charge < -0.3 is 15.0 Å². The minimum absolute atomic E-state index is 0.0943. The molecule has 1 aromatic heterocycles. The van der Waals surface area contributed by atoms with E-state index in [4.69, 9.17) is 16.3 Å². The summed E-state index contributed by atoms with van der Waals surface area (Å²) in [5.41, 5.74) is 2.90. The van der Waals surface area contributed by atoms with Crippen LogP contribution in [0.3, 0.4) is 0 Å². The Labute approximate surface area is 161 Å². The van der Waals surface area contributed by atoms with Gasteiger partial charge in [-0.3, -0.25) is 4.79 Å². The van der Waals surface area contributed by atoms with Gasteiger partial charge in [-0.05, 0) is 61.4 Å². The van der Waals surface area contributed by atoms with Gasteiger partial charge >= 0.3 is 5.69 Å². The van der Waals surface area contributed by atoms with Crippen LogP contribution >= 0.6 is 11.6 Å². The van der Waals surface area contributed by atoms with Crippen LogP contribution in [0.25, 0.3) is 11.3 Å². The number of H-pyrrole nitrogens is 1. The van der Waals surface area contributed by atoms with Crippen molar-refractivity contribution in [2.75, 3.05) is 12.4 Å². The molecule has 0 aliphatic carbocycles. The van der Waals surface area contributed by atoms with E-state index in [-0.39, 0.29) is 5.69 Å². The fourth-order valence-corrected chi connectivity index (χ4v) is 3.11. The average molecular weight is 384 g/mol. The zero-order valence-electron chi connectivity index (χ0n) is 15.1. The molecule has 0 spiro atoms. The Balaban J connectivity index is 1.94. The maximum Gasteiger partial charge on any atom is 0.346 e. The third-order valence-corrected chi connectivity index (χ3v) is 4.34. The van der Waals surface area contributed by atoms with Crippen molar-refractivity contribution in [1.82, 2.24) is 9.97 Å². The molecule has 0 saturated carbocycles. The number of benzene rings is 2. The fourth-order valence-electron chi connectivity index (χ4n) is 2.74. The molecular formula is C20H18ClN3O3. The Morgan fingerprint density at radius 3 is 2.48 bits per heavy atom. The lowest BCUT2D eigenvalue weighted by Gasteiger charge is -2.12. The summed E-state index contributed by atoms with van der Waals surface area (Å²) in [5.74, 6) is 0.212. The lowest BCUT2D eigenvalue weighted by molar-refractivity contribution is 0.102. The molecule has 3 aromatic rings. The molecular weight excluding hydrogens is 366 g/mol. The van der Waals surface area contributed by atoms with Crippen LogP contribution < -0.4 is 15.7 Å². The number of aryl methyl sites for hydroxylation is 2. The summed E-state index contributed by atoms with van der Waals surface area (Å²) in [6, 6.07) is 12.3. The van der Waals surface area contributed by atoms with Gasteiger partial charge in [0.2, 0.25) is 0 Å². The first-order chi connectivity index (χ1) is 12.9. The molecule has 7 heteroatoms. The van der Waals surface area contributed by atoms with Gasteiger partial charge in [0.25, 0.3) is 5.91 Å². The zero-order chi connectivity index (χ0) is 19.6. The lowest BCUT2D eigenvalue weighted by Crippen LogP contribution is -2.21. The Hall–Kier alpha value is -3.12. The number of hydrogen-bond donors (Lipinski definition) is 2. The number of amides is 1. The highest BCUT2D eigenvalue weighted by Crippen LogP contribution is 2.28. The van der Waals surface area contributed by atoms with Crippen molar-refractivity contribution in [2.24, 2.45) is 0 Å². The first-order valence-corrected chi connectivity index (χ1v) is 8.59. The molecule has 138 valence electrons. The van der Waals surface area contributed by atoms with Crippen molar-refractivity contribution in [2.45, 2.75) is 13.8 Å². The number of nitrogens with one attached hydrogen (secondary N) is 2. The van der Waals surface area contributed by atoms with E-state index in [1.54, 1.807) is 37.4 Å². The quantitative estimate of drug-likeness (QED) is 0.714. The zero-order valence-corrected chi connectivity index (χ0v) is 15.8. The molecule has 1 amide bonds. The standard InChI is InChI=1S/C20H18ClN3O3/c1-11-8-12(2)18(15(21)9-11)24-19(25)17-10-16(22-20(26)23-17)13-4-6-14(27-3)7-5-13/h4-10H,1-3H3,(H,24,25)(H,22,23,26). The van der Waals surface area contributed by atoms with Gasteiger partial charge in [-0.15, -0.1) is 0 Å². The Bertz CT molecular complexity index is 1040. The maximum absolute atomic E-state index is 12.7. The number of carbonyl (C=O) groups excluding carboxylic acids is 1. The second kappa shape index (κ2) is 7.63. The first kappa shape index (κ1) is 18.7. The largest absolute Gasteiger partial charge is 0.497 e. The molecule has 3 rings (SSSR count). The smallest absolute Gasteiger partial charge is 0.346 e. The number of hydrogen-bond acceptors (Lipinski definition) is 4. The summed E-state index contributed by atoms with van der Waals surface area (Å²) in [6.07, 6.45) is 0. The molecule has 0 radical (unpaired) electrons. The molecule has 0 aliphatic rings. The molecule has 27 heavy (non-hydrogen) atoms. The number of aromatic nitrogens is 2. The number of rotatable bonds is 4. The van der Waals surface area contributed by atoms with Crippen molar-refractivity contribution in [3.8, 4) is 17.0 Å². The minimum atomic E-state index is -0.611. The molecule has 6 nitrogen and oxygen atoms in total. The summed E-state index contributed by atoms with van der Waals surface area (Å²) in [7, 11) is 1.57. The van der Waals surface area contributed by atoms with Crippen molar-refractivity contribution >= 4 is 23.2 Å². The summed E-state index contributed by atoms with van der Waals surface area (Å²) in [5, 5.41) is 3.19. The van der Waals surface area contributed by atoms with E-state index in [1.165, 1.54) is 6.07 Å². The monoisotopic (exact) mass is 383 g/mol. The third-order valence-electron chi connectivity index (χ3n) is 4.05. The fraction of sp³-hybridized carbons (Fsp3) is 0.150. The van der Waals surface area contributed by atoms with Crippen LogP contribution in [0, 0.1) is 13.8 Å². The Morgan fingerprint density at radius 1 is 1.15 bits per heavy atom. The molecule has 0 bridgehead atoms. The van der Waals surface area contributed by atoms with E-state index in [0.717, 1.165) is 11.1 Å². The Kier molecular flexibility index (Phi) is 5.28. The van der Waals surface area contributed by atoms with Gasteiger partial charge in [0.05, 0.1) is 23.5 Å². The van der Waals surface area contributed by atoms with Gasteiger partial charge in [-0.2, -0.15) is 4.98 Å². The number of nitrogens with zero attached hydrogens (tertiary/aromatic N) is 1. The first-order valence-electron chi connectivity index (χ1n) is 8.21. The van der Waals surface area contributed by atoms with E-state index in [0.29, 0.717) is 27.7 Å². The summed E-state index contributed by atoms with van der Waals surface area (Å²) in [4.78, 5) is 31.0. The van der Waals surface area contributed by atoms with Gasteiger partial charge in [0.1, 0.15) is 11.4 Å². The van der Waals surface area contributed by atoms with E-state index in [2.05, 4.69) is 15.3 Å². The number of ether oxygens (including phenoxy) is 1. The van der Waals surface area contributed by atoms with Gasteiger partial charge in [-0.1, -0.05) is 17.7 Å². The molecule has 0 saturated heterocycles. The van der Waals surface area contributed by atoms with Crippen LogP contribution in [0.5, 0.6) is 5.75 Å². The highest BCUT2D eigenvalue weighted by Gasteiger charge is 2.14. The number of aromatic amines is 1. The van der Waals surface area contributed by atoms with Crippen LogP contribution in [0.2, 0.25) is 5.02 Å². The normalized spacial score (nSPS) is 10.5. The molecule has 2 aromatic carbocycles. The molecule has 0 fully saturated rings. The van der Waals surface area contributed by atoms with Crippen LogP contribution in [0.4, 0.5) is 5.69 Å². The van der Waals surface area contributed by atoms with Crippen molar-refractivity contribution < 1.29 is 9.53 Å². The van der Waals surface area contributed by atoms with Gasteiger partial charge in [0.15, 0.2) is 0 Å². The lowest BCUT2D eigenvalue weighted by atomic mass is 10.1. The number of methoxy groups -OCH3 is 1. The van der Waals surface area contributed by atoms with Crippen LogP contribution in [0.1, 0.15) is 21.6 Å². The summed E-state index contributed by atoms with van der Waals surface area (Å²) >= 11 is 6.24. The van der Waals surface area contributed by atoms with Gasteiger partial charge in [0, 0.05) is 5.56 Å². The molecule has 0 aliphatic heterocycles. The summed E-state index contributed by atoms with van der Waals surface area (Å²) in [6.45, 7) is 3.78. The minimum Gasteiger partial charge on any atom is -0.497 e. The van der Waals surface area contributed by atoms with E-state index >= 15 is 0 Å². The maximum atomic E-state index is 12.7. The number of anilines is 1. The molecule has 1 heterocycles. The Morgan fingerprint density at radius 2 is 1.85 bits per heavy atom. The second-order valence-corrected chi connectivity index (χ2v) is 6.51. The van der Waals surface area contributed by atoms with E-state index in [1.807, 2.05) is 19.9 Å². The average Bonchev–Trinajstić information content (AvgIpc) is 2.64. The van der Waals surface area contributed by atoms with Crippen LogP contribution in [-0.4, -0.2) is 23.0 Å². The predicted molar refractivity (Wildman–Crippen MR) is 106 cm³/mol. The van der Waals surface area contributed by atoms with E-state index < -0.39 is 11.6 Å². The number of halogens is 1. The SMILES string of the molecule is COc1ccc(-c2cc(C(=O)Nc3c(C)cc(C)cc3Cl)[nH]c(=O)n2)cc1. The highest BCUT2D eigenvalue weighted by atomic mass is 35.5. The third kappa shape index (κ3) is 4.17. The molecule has 2 N–H and O–H groups in total. The van der Waals surface area contributed by atoms with Crippen LogP contribution in [0.15, 0.2) is 47.3 Å².